The summed E-state index contributed by atoms with van der Waals surface area (Å²) in [6, 6.07) is 0. The lowest BCUT2D eigenvalue weighted by molar-refractivity contribution is 0.397. The summed E-state index contributed by atoms with van der Waals surface area (Å²) >= 11 is 0. The summed E-state index contributed by atoms with van der Waals surface area (Å²) in [4.78, 5) is 4.17. The summed E-state index contributed by atoms with van der Waals surface area (Å²) in [6.07, 6.45) is 2.62. The topological polar surface area (TPSA) is 52.8 Å². The molecule has 0 fully saturated rings. The second-order valence-electron chi connectivity index (χ2n) is 3.62. The van der Waals surface area contributed by atoms with E-state index in [0.717, 1.165) is 29.7 Å². The molecular weight excluding hydrogens is 178 g/mol. The lowest BCUT2D eigenvalue weighted by Gasteiger charge is -2.18. The maximum Gasteiger partial charge on any atom is 0.161 e. The summed E-state index contributed by atoms with van der Waals surface area (Å²) in [5.74, 6) is -0.00819. The van der Waals surface area contributed by atoms with Gasteiger partial charge in [0.2, 0.25) is 0 Å². The van der Waals surface area contributed by atoms with E-state index in [-0.39, 0.29) is 11.5 Å². The summed E-state index contributed by atoms with van der Waals surface area (Å²) in [7, 11) is 0. The Morgan fingerprint density at radius 2 is 1.79 bits per heavy atom. The third-order valence-electron chi connectivity index (χ3n) is 2.83. The molecule has 3 nitrogen and oxygen atoms in total. The molecule has 2 N–H and O–H groups in total. The summed E-state index contributed by atoms with van der Waals surface area (Å²) in [5.41, 5.74) is 3.55. The molecule has 0 bridgehead atoms. The largest absolute Gasteiger partial charge is 0.504 e. The Balaban J connectivity index is 2.79. The first-order valence-corrected chi connectivity index (χ1v) is 4.66. The predicted octanol–water partition coefficient (Wildman–Crippen LogP) is 1.69. The van der Waals surface area contributed by atoms with Crippen LogP contribution in [0.3, 0.4) is 0 Å². The smallest absolute Gasteiger partial charge is 0.161 e. The van der Waals surface area contributed by atoms with E-state index in [4.69, 9.17) is 0 Å². The maximum atomic E-state index is 9.65. The van der Waals surface area contributed by atoms with Gasteiger partial charge in [-0.2, -0.15) is 0 Å². The molecule has 1 aromatic rings. The van der Waals surface area contributed by atoms with Crippen LogP contribution in [-0.4, -0.2) is 23.0 Å². The molecule has 0 saturated heterocycles. The van der Waals surface area contributed by atoms with Crippen molar-refractivity contribution in [1.82, 2.24) is 0 Å². The Morgan fingerprint density at radius 3 is 2.50 bits per heavy atom. The second-order valence-corrected chi connectivity index (χ2v) is 3.62. The van der Waals surface area contributed by atoms with E-state index in [0.29, 0.717) is 5.56 Å². The standard InChI is InChI=1S/C11H13NO2/c1-6-8-3-4-12-5-9(8)7(2)11(14)10(6)13/h5,13-14H,3-4H2,1-2H3. The number of fused-ring (bicyclic) bond motifs is 1. The number of phenolic OH excluding ortho intramolecular Hbond substituents is 2. The highest BCUT2D eigenvalue weighted by atomic mass is 16.3. The van der Waals surface area contributed by atoms with Crippen molar-refractivity contribution in [3.63, 3.8) is 0 Å². The Bertz CT molecular complexity index is 422. The van der Waals surface area contributed by atoms with E-state index in [1.165, 1.54) is 0 Å². The highest BCUT2D eigenvalue weighted by Crippen LogP contribution is 2.37. The van der Waals surface area contributed by atoms with Crippen molar-refractivity contribution in [2.75, 3.05) is 6.54 Å². The van der Waals surface area contributed by atoms with Crippen LogP contribution in [0.1, 0.15) is 22.3 Å². The van der Waals surface area contributed by atoms with Crippen molar-refractivity contribution >= 4 is 6.21 Å². The van der Waals surface area contributed by atoms with Crippen LogP contribution in [-0.2, 0) is 6.42 Å². The first kappa shape index (κ1) is 9.06. The minimum atomic E-state index is -0.0189. The second kappa shape index (κ2) is 3.01. The number of aliphatic imine (C=N–C) groups is 1. The fraction of sp³-hybridized carbons (Fsp3) is 0.364. The van der Waals surface area contributed by atoms with Gasteiger partial charge in [0.25, 0.3) is 0 Å². The minimum Gasteiger partial charge on any atom is -0.504 e. The van der Waals surface area contributed by atoms with Crippen molar-refractivity contribution < 1.29 is 10.2 Å². The number of nitrogens with zero attached hydrogens (tertiary/aromatic N) is 1. The van der Waals surface area contributed by atoms with Gasteiger partial charge in [0.05, 0.1) is 0 Å². The molecule has 0 amide bonds. The van der Waals surface area contributed by atoms with Gasteiger partial charge in [-0.05, 0) is 31.4 Å². The van der Waals surface area contributed by atoms with Gasteiger partial charge in [0.15, 0.2) is 11.5 Å². The van der Waals surface area contributed by atoms with E-state index in [9.17, 15) is 10.2 Å². The van der Waals surface area contributed by atoms with Gasteiger partial charge in [-0.15, -0.1) is 0 Å². The number of aromatic hydroxyl groups is 2. The lowest BCUT2D eigenvalue weighted by Crippen LogP contribution is -2.07. The molecule has 2 rings (SSSR count). The molecular formula is C11H13NO2. The van der Waals surface area contributed by atoms with E-state index in [2.05, 4.69) is 4.99 Å². The van der Waals surface area contributed by atoms with Crippen LogP contribution in [0.25, 0.3) is 0 Å². The number of hydrogen-bond donors (Lipinski definition) is 2. The normalized spacial score (nSPS) is 14.1. The first-order chi connectivity index (χ1) is 6.63. The zero-order valence-corrected chi connectivity index (χ0v) is 8.33. The minimum absolute atomic E-state index is 0.0107. The molecule has 1 heterocycles. The van der Waals surface area contributed by atoms with Gasteiger partial charge in [-0.3, -0.25) is 4.99 Å². The third kappa shape index (κ3) is 1.09. The number of rotatable bonds is 0. The summed E-state index contributed by atoms with van der Waals surface area (Å²) < 4.78 is 0. The molecule has 3 heteroatoms. The van der Waals surface area contributed by atoms with Crippen LogP contribution in [0.5, 0.6) is 11.5 Å². The van der Waals surface area contributed by atoms with Gasteiger partial charge < -0.3 is 10.2 Å². The molecule has 0 aliphatic carbocycles. The van der Waals surface area contributed by atoms with Gasteiger partial charge in [-0.25, -0.2) is 0 Å². The van der Waals surface area contributed by atoms with Crippen molar-refractivity contribution in [2.45, 2.75) is 20.3 Å². The molecule has 1 aromatic carbocycles. The van der Waals surface area contributed by atoms with E-state index >= 15 is 0 Å². The Kier molecular flexibility index (Phi) is 1.95. The Morgan fingerprint density at radius 1 is 1.14 bits per heavy atom. The number of benzene rings is 1. The van der Waals surface area contributed by atoms with E-state index in [1.54, 1.807) is 13.1 Å². The van der Waals surface area contributed by atoms with Crippen LogP contribution in [0.2, 0.25) is 0 Å². The molecule has 14 heavy (non-hydrogen) atoms. The maximum absolute atomic E-state index is 9.65. The Labute approximate surface area is 82.7 Å². The molecule has 1 aliphatic rings. The number of phenols is 2. The van der Waals surface area contributed by atoms with Crippen LogP contribution < -0.4 is 0 Å². The van der Waals surface area contributed by atoms with Crippen LogP contribution in [0.4, 0.5) is 0 Å². The van der Waals surface area contributed by atoms with Gasteiger partial charge in [0.1, 0.15) is 0 Å². The van der Waals surface area contributed by atoms with Gasteiger partial charge in [0, 0.05) is 23.9 Å². The molecule has 1 aliphatic heterocycles. The van der Waals surface area contributed by atoms with Crippen molar-refractivity contribution in [2.24, 2.45) is 4.99 Å². The highest BCUT2D eigenvalue weighted by Gasteiger charge is 2.18. The fourth-order valence-electron chi connectivity index (χ4n) is 1.88. The Hall–Kier alpha value is -1.51. The average Bonchev–Trinajstić information content (AvgIpc) is 2.23. The average molecular weight is 191 g/mol. The monoisotopic (exact) mass is 191 g/mol. The molecule has 0 atom stereocenters. The van der Waals surface area contributed by atoms with Crippen LogP contribution in [0.15, 0.2) is 4.99 Å². The predicted molar refractivity (Wildman–Crippen MR) is 55.4 cm³/mol. The SMILES string of the molecule is Cc1c(O)c(O)c(C)c2c1C=NCC2. The van der Waals surface area contributed by atoms with Crippen LogP contribution >= 0.6 is 0 Å². The number of hydrogen-bond acceptors (Lipinski definition) is 3. The lowest BCUT2D eigenvalue weighted by atomic mass is 9.92. The zero-order valence-electron chi connectivity index (χ0n) is 8.33. The quantitative estimate of drug-likeness (QED) is 0.613. The van der Waals surface area contributed by atoms with E-state index < -0.39 is 0 Å². The van der Waals surface area contributed by atoms with Gasteiger partial charge in [-0.1, -0.05) is 0 Å². The molecule has 74 valence electrons. The molecule has 0 aromatic heterocycles. The molecule has 0 unspecified atom stereocenters. The molecule has 0 spiro atoms. The molecule has 0 saturated carbocycles. The van der Waals surface area contributed by atoms with Crippen molar-refractivity contribution in [1.29, 1.82) is 0 Å². The summed E-state index contributed by atoms with van der Waals surface area (Å²) in [5, 5.41) is 19.3. The summed E-state index contributed by atoms with van der Waals surface area (Å²) in [6.45, 7) is 4.38. The van der Waals surface area contributed by atoms with Crippen LogP contribution in [0, 0.1) is 13.8 Å². The first-order valence-electron chi connectivity index (χ1n) is 4.66. The van der Waals surface area contributed by atoms with E-state index in [1.807, 2.05) is 6.92 Å². The van der Waals surface area contributed by atoms with Crippen molar-refractivity contribution in [3.05, 3.63) is 22.3 Å². The fourth-order valence-corrected chi connectivity index (χ4v) is 1.88. The highest BCUT2D eigenvalue weighted by molar-refractivity contribution is 5.87. The van der Waals surface area contributed by atoms with Gasteiger partial charge >= 0.3 is 0 Å². The zero-order chi connectivity index (χ0) is 10.3. The van der Waals surface area contributed by atoms with Crippen molar-refractivity contribution in [3.8, 4) is 11.5 Å². The third-order valence-corrected chi connectivity index (χ3v) is 2.83. The molecule has 0 radical (unpaired) electrons.